The Bertz CT molecular complexity index is 980. The Labute approximate surface area is 189 Å². The number of hydrogen-bond acceptors (Lipinski definition) is 4. The monoisotopic (exact) mass is 442 g/mol. The summed E-state index contributed by atoms with van der Waals surface area (Å²) in [6, 6.07) is 7.35. The van der Waals surface area contributed by atoms with Crippen LogP contribution >= 0.6 is 11.3 Å². The van der Waals surface area contributed by atoms with Gasteiger partial charge in [0.05, 0.1) is 18.4 Å². The average molecular weight is 443 g/mol. The molecule has 0 aliphatic heterocycles. The second kappa shape index (κ2) is 8.65. The van der Waals surface area contributed by atoms with Crippen molar-refractivity contribution in [3.05, 3.63) is 40.3 Å². The first-order valence-electron chi connectivity index (χ1n) is 10.8. The SMILES string of the molecule is COc1ccccc1NC(=O)c1c(NC(=O)C(C)(C)C)sc2c1CC[C@@H](C(C)(C)C)C2. The fourth-order valence-electron chi connectivity index (χ4n) is 3.88. The predicted octanol–water partition coefficient (Wildman–Crippen LogP) is 6.14. The van der Waals surface area contributed by atoms with E-state index in [4.69, 9.17) is 4.74 Å². The zero-order chi connectivity index (χ0) is 23.0. The molecule has 0 saturated heterocycles. The number of nitrogens with one attached hydrogen (secondary N) is 2. The molecular formula is C25H34N2O3S. The minimum absolute atomic E-state index is 0.0928. The summed E-state index contributed by atoms with van der Waals surface area (Å²) < 4.78 is 5.39. The number of thiophene rings is 1. The van der Waals surface area contributed by atoms with Crippen molar-refractivity contribution in [1.82, 2.24) is 0 Å². The first-order valence-corrected chi connectivity index (χ1v) is 11.6. The van der Waals surface area contributed by atoms with Gasteiger partial charge in [-0.2, -0.15) is 0 Å². The summed E-state index contributed by atoms with van der Waals surface area (Å²) in [7, 11) is 1.58. The van der Waals surface area contributed by atoms with E-state index in [2.05, 4.69) is 31.4 Å². The molecule has 5 nitrogen and oxygen atoms in total. The van der Waals surface area contributed by atoms with Crippen LogP contribution in [0.2, 0.25) is 0 Å². The lowest BCUT2D eigenvalue weighted by Crippen LogP contribution is -2.29. The molecule has 0 radical (unpaired) electrons. The van der Waals surface area contributed by atoms with Crippen LogP contribution in [0.5, 0.6) is 5.75 Å². The molecule has 2 amide bonds. The van der Waals surface area contributed by atoms with Crippen LogP contribution < -0.4 is 15.4 Å². The Kier molecular flexibility index (Phi) is 6.51. The van der Waals surface area contributed by atoms with Gasteiger partial charge in [0.2, 0.25) is 5.91 Å². The summed E-state index contributed by atoms with van der Waals surface area (Å²) in [4.78, 5) is 27.4. The van der Waals surface area contributed by atoms with Gasteiger partial charge in [0.1, 0.15) is 10.8 Å². The van der Waals surface area contributed by atoms with Gasteiger partial charge >= 0.3 is 0 Å². The zero-order valence-corrected chi connectivity index (χ0v) is 20.5. The molecule has 1 aliphatic carbocycles. The Morgan fingerprint density at radius 1 is 1.06 bits per heavy atom. The molecule has 0 fully saturated rings. The molecule has 1 atom stereocenters. The number of anilines is 2. The zero-order valence-electron chi connectivity index (χ0n) is 19.6. The summed E-state index contributed by atoms with van der Waals surface area (Å²) >= 11 is 1.55. The third-order valence-corrected chi connectivity index (χ3v) is 7.15. The molecule has 3 rings (SSSR count). The number of carbonyl (C=O) groups excluding carboxylic acids is 2. The minimum Gasteiger partial charge on any atom is -0.495 e. The van der Waals surface area contributed by atoms with E-state index >= 15 is 0 Å². The van der Waals surface area contributed by atoms with Crippen molar-refractivity contribution >= 4 is 33.8 Å². The number of ether oxygens (including phenoxy) is 1. The fourth-order valence-corrected chi connectivity index (χ4v) is 5.20. The number of methoxy groups -OCH3 is 1. The van der Waals surface area contributed by atoms with Gasteiger partial charge in [0.15, 0.2) is 0 Å². The van der Waals surface area contributed by atoms with E-state index in [1.165, 1.54) is 4.88 Å². The van der Waals surface area contributed by atoms with E-state index < -0.39 is 5.41 Å². The van der Waals surface area contributed by atoms with Crippen LogP contribution in [-0.4, -0.2) is 18.9 Å². The lowest BCUT2D eigenvalue weighted by atomic mass is 9.72. The average Bonchev–Trinajstić information content (AvgIpc) is 3.04. The number of fused-ring (bicyclic) bond motifs is 1. The minimum atomic E-state index is -0.547. The number of para-hydroxylation sites is 2. The maximum Gasteiger partial charge on any atom is 0.259 e. The van der Waals surface area contributed by atoms with Crippen molar-refractivity contribution in [3.8, 4) is 5.75 Å². The summed E-state index contributed by atoms with van der Waals surface area (Å²) in [5, 5.41) is 6.69. The van der Waals surface area contributed by atoms with E-state index in [0.29, 0.717) is 27.9 Å². The molecule has 0 spiro atoms. The van der Waals surface area contributed by atoms with Crippen molar-refractivity contribution in [2.75, 3.05) is 17.7 Å². The maximum atomic E-state index is 13.4. The quantitative estimate of drug-likeness (QED) is 0.597. The van der Waals surface area contributed by atoms with Crippen LogP contribution in [0.4, 0.5) is 10.7 Å². The van der Waals surface area contributed by atoms with E-state index in [-0.39, 0.29) is 17.2 Å². The number of hydrogen-bond donors (Lipinski definition) is 2. The van der Waals surface area contributed by atoms with Crippen molar-refractivity contribution in [2.45, 2.75) is 60.8 Å². The molecule has 2 aromatic rings. The molecule has 1 aromatic heterocycles. The van der Waals surface area contributed by atoms with E-state index in [1.807, 2.05) is 45.0 Å². The van der Waals surface area contributed by atoms with Crippen LogP contribution in [0.25, 0.3) is 0 Å². The van der Waals surface area contributed by atoms with Gasteiger partial charge in [-0.15, -0.1) is 11.3 Å². The molecule has 1 aliphatic rings. The number of carbonyl (C=O) groups is 2. The van der Waals surface area contributed by atoms with Crippen molar-refractivity contribution in [2.24, 2.45) is 16.7 Å². The number of rotatable bonds is 4. The number of amides is 2. The Morgan fingerprint density at radius 3 is 2.35 bits per heavy atom. The van der Waals surface area contributed by atoms with E-state index in [9.17, 15) is 9.59 Å². The highest BCUT2D eigenvalue weighted by molar-refractivity contribution is 7.17. The molecule has 0 saturated carbocycles. The lowest BCUT2D eigenvalue weighted by molar-refractivity contribution is -0.123. The molecule has 31 heavy (non-hydrogen) atoms. The molecule has 2 N–H and O–H groups in total. The predicted molar refractivity (Wildman–Crippen MR) is 128 cm³/mol. The first kappa shape index (κ1) is 23.3. The highest BCUT2D eigenvalue weighted by Gasteiger charge is 2.35. The van der Waals surface area contributed by atoms with Crippen molar-refractivity contribution in [1.29, 1.82) is 0 Å². The highest BCUT2D eigenvalue weighted by Crippen LogP contribution is 2.45. The highest BCUT2D eigenvalue weighted by atomic mass is 32.1. The molecule has 168 valence electrons. The normalized spacial score (nSPS) is 16.4. The Morgan fingerprint density at radius 2 is 1.74 bits per heavy atom. The van der Waals surface area contributed by atoms with Gasteiger partial charge < -0.3 is 15.4 Å². The van der Waals surface area contributed by atoms with Crippen LogP contribution in [0.15, 0.2) is 24.3 Å². The van der Waals surface area contributed by atoms with Crippen LogP contribution in [0.3, 0.4) is 0 Å². The summed E-state index contributed by atoms with van der Waals surface area (Å²) in [5.74, 6) is 0.855. The Hall–Kier alpha value is -2.34. The molecule has 6 heteroatoms. The molecule has 0 unspecified atom stereocenters. The van der Waals surface area contributed by atoms with Gasteiger partial charge in [-0.1, -0.05) is 53.7 Å². The van der Waals surface area contributed by atoms with Gasteiger partial charge in [-0.3, -0.25) is 9.59 Å². The second-order valence-electron chi connectivity index (χ2n) is 10.4. The van der Waals surface area contributed by atoms with Gasteiger partial charge in [-0.25, -0.2) is 0 Å². The van der Waals surface area contributed by atoms with Crippen molar-refractivity contribution in [3.63, 3.8) is 0 Å². The maximum absolute atomic E-state index is 13.4. The van der Waals surface area contributed by atoms with Crippen molar-refractivity contribution < 1.29 is 14.3 Å². The molecule has 1 aromatic carbocycles. The lowest BCUT2D eigenvalue weighted by Gasteiger charge is -2.33. The third-order valence-electron chi connectivity index (χ3n) is 5.98. The first-order chi connectivity index (χ1) is 14.4. The van der Waals surface area contributed by atoms with E-state index in [0.717, 1.165) is 24.8 Å². The summed E-state index contributed by atoms with van der Waals surface area (Å²) in [5.41, 5.74) is 1.94. The van der Waals surface area contributed by atoms with E-state index in [1.54, 1.807) is 18.4 Å². The molecular weight excluding hydrogens is 408 g/mol. The molecule has 0 bridgehead atoms. The van der Waals surface area contributed by atoms with Gasteiger partial charge in [0, 0.05) is 10.3 Å². The number of benzene rings is 1. The van der Waals surface area contributed by atoms with Crippen LogP contribution in [-0.2, 0) is 17.6 Å². The van der Waals surface area contributed by atoms with Gasteiger partial charge in [0.25, 0.3) is 5.91 Å². The summed E-state index contributed by atoms with van der Waals surface area (Å²) in [6.45, 7) is 12.4. The third kappa shape index (κ3) is 5.12. The smallest absolute Gasteiger partial charge is 0.259 e. The Balaban J connectivity index is 2.00. The topological polar surface area (TPSA) is 67.4 Å². The largest absolute Gasteiger partial charge is 0.495 e. The van der Waals surface area contributed by atoms with Gasteiger partial charge in [-0.05, 0) is 48.3 Å². The second-order valence-corrected chi connectivity index (χ2v) is 11.5. The summed E-state index contributed by atoms with van der Waals surface area (Å²) in [6.07, 6.45) is 2.81. The van der Waals surface area contributed by atoms with Crippen LogP contribution in [0, 0.1) is 16.7 Å². The fraction of sp³-hybridized carbons (Fsp3) is 0.520. The molecule has 1 heterocycles. The standard InChI is InChI=1S/C25H34N2O3S/c1-24(2,3)15-12-13-16-19(14-15)31-22(27-23(29)25(4,5)6)20(16)21(28)26-17-10-8-9-11-18(17)30-7/h8-11,15H,12-14H2,1-7H3,(H,26,28)(H,27,29)/t15-/m1/s1. The van der Waals surface area contributed by atoms with Crippen LogP contribution in [0.1, 0.15) is 68.8 Å².